The highest BCUT2D eigenvalue weighted by atomic mass is 19.1. The molecule has 9 heteroatoms. The fourth-order valence-corrected chi connectivity index (χ4v) is 2.54. The van der Waals surface area contributed by atoms with Gasteiger partial charge in [0.25, 0.3) is 5.91 Å². The summed E-state index contributed by atoms with van der Waals surface area (Å²) in [6, 6.07) is 4.67. The van der Waals surface area contributed by atoms with Gasteiger partial charge in [0.1, 0.15) is 29.6 Å². The van der Waals surface area contributed by atoms with Gasteiger partial charge in [0.2, 0.25) is 0 Å². The highest BCUT2D eigenvalue weighted by Crippen LogP contribution is 2.15. The summed E-state index contributed by atoms with van der Waals surface area (Å²) in [5, 5.41) is 5.65. The van der Waals surface area contributed by atoms with Gasteiger partial charge >= 0.3 is 0 Å². The molecular formula is C17H19F2N5O2. The van der Waals surface area contributed by atoms with Gasteiger partial charge in [-0.2, -0.15) is 0 Å². The Morgan fingerprint density at radius 3 is 2.73 bits per heavy atom. The van der Waals surface area contributed by atoms with Gasteiger partial charge in [-0.3, -0.25) is 4.79 Å². The minimum atomic E-state index is -0.888. The van der Waals surface area contributed by atoms with Crippen molar-refractivity contribution in [1.29, 1.82) is 0 Å². The fraction of sp³-hybridized carbons (Fsp3) is 0.353. The average Bonchev–Trinajstić information content (AvgIpc) is 2.66. The Hall–Kier alpha value is -2.81. The van der Waals surface area contributed by atoms with Crippen LogP contribution in [0.2, 0.25) is 0 Å². The monoisotopic (exact) mass is 363 g/mol. The van der Waals surface area contributed by atoms with Crippen molar-refractivity contribution in [1.82, 2.24) is 15.3 Å². The van der Waals surface area contributed by atoms with Crippen molar-refractivity contribution in [3.05, 3.63) is 47.8 Å². The Kier molecular flexibility index (Phi) is 5.90. The van der Waals surface area contributed by atoms with Crippen LogP contribution >= 0.6 is 0 Å². The van der Waals surface area contributed by atoms with E-state index in [0.29, 0.717) is 31.6 Å². The second-order valence-electron chi connectivity index (χ2n) is 5.67. The van der Waals surface area contributed by atoms with E-state index < -0.39 is 17.5 Å². The molecule has 1 amide bonds. The lowest BCUT2D eigenvalue weighted by Gasteiger charge is -2.27. The number of benzene rings is 1. The average molecular weight is 363 g/mol. The third-order valence-electron chi connectivity index (χ3n) is 3.88. The first-order chi connectivity index (χ1) is 12.6. The minimum absolute atomic E-state index is 0.192. The van der Waals surface area contributed by atoms with Crippen LogP contribution in [0.25, 0.3) is 0 Å². The van der Waals surface area contributed by atoms with Crippen LogP contribution in [-0.2, 0) is 4.74 Å². The quantitative estimate of drug-likeness (QED) is 0.756. The van der Waals surface area contributed by atoms with Crippen LogP contribution in [0.1, 0.15) is 10.4 Å². The highest BCUT2D eigenvalue weighted by molar-refractivity contribution is 5.94. The minimum Gasteiger partial charge on any atom is -0.378 e. The van der Waals surface area contributed by atoms with Crippen molar-refractivity contribution in [3.8, 4) is 0 Å². The molecule has 1 aromatic carbocycles. The number of carbonyl (C=O) groups excluding carboxylic acids is 1. The Morgan fingerprint density at radius 1 is 1.15 bits per heavy atom. The van der Waals surface area contributed by atoms with Gasteiger partial charge < -0.3 is 20.3 Å². The summed E-state index contributed by atoms with van der Waals surface area (Å²) < 4.78 is 31.7. The largest absolute Gasteiger partial charge is 0.378 e. The van der Waals surface area contributed by atoms with Gasteiger partial charge in [0.15, 0.2) is 0 Å². The number of hydrogen-bond acceptors (Lipinski definition) is 6. The molecule has 2 aromatic rings. The van der Waals surface area contributed by atoms with Crippen molar-refractivity contribution in [2.75, 3.05) is 49.6 Å². The van der Waals surface area contributed by atoms with Gasteiger partial charge in [-0.15, -0.1) is 0 Å². The van der Waals surface area contributed by atoms with Gasteiger partial charge in [0.05, 0.1) is 18.8 Å². The lowest BCUT2D eigenvalue weighted by Crippen LogP contribution is -2.36. The van der Waals surface area contributed by atoms with Gasteiger partial charge in [0, 0.05) is 38.3 Å². The maximum atomic E-state index is 13.5. The summed E-state index contributed by atoms with van der Waals surface area (Å²) in [7, 11) is 0. The summed E-state index contributed by atoms with van der Waals surface area (Å²) in [5.41, 5.74) is -0.192. The summed E-state index contributed by atoms with van der Waals surface area (Å²) in [6.45, 7) is 3.53. The second-order valence-corrected chi connectivity index (χ2v) is 5.67. The number of aromatic nitrogens is 2. The van der Waals surface area contributed by atoms with Gasteiger partial charge in [-0.25, -0.2) is 18.7 Å². The fourth-order valence-electron chi connectivity index (χ4n) is 2.54. The molecule has 138 valence electrons. The normalized spacial score (nSPS) is 14.2. The summed E-state index contributed by atoms with van der Waals surface area (Å²) in [4.78, 5) is 22.4. The van der Waals surface area contributed by atoms with E-state index in [-0.39, 0.29) is 12.1 Å². The molecule has 1 aliphatic heterocycles. The Morgan fingerprint density at radius 2 is 1.96 bits per heavy atom. The topological polar surface area (TPSA) is 79.4 Å². The number of nitrogens with zero attached hydrogens (tertiary/aromatic N) is 3. The van der Waals surface area contributed by atoms with Crippen LogP contribution in [0.15, 0.2) is 30.6 Å². The van der Waals surface area contributed by atoms with E-state index in [2.05, 4.69) is 25.5 Å². The molecule has 0 radical (unpaired) electrons. The van der Waals surface area contributed by atoms with E-state index in [0.717, 1.165) is 31.0 Å². The molecular weight excluding hydrogens is 344 g/mol. The molecule has 7 nitrogen and oxygen atoms in total. The van der Waals surface area contributed by atoms with E-state index in [1.165, 1.54) is 6.33 Å². The van der Waals surface area contributed by atoms with Gasteiger partial charge in [-0.1, -0.05) is 0 Å². The number of halogens is 2. The maximum absolute atomic E-state index is 13.5. The number of amides is 1. The first-order valence-corrected chi connectivity index (χ1v) is 8.25. The van der Waals surface area contributed by atoms with E-state index >= 15 is 0 Å². The third-order valence-corrected chi connectivity index (χ3v) is 3.88. The molecule has 0 spiro atoms. The molecule has 2 N–H and O–H groups in total. The molecule has 3 rings (SSSR count). The Bertz CT molecular complexity index is 769. The van der Waals surface area contributed by atoms with E-state index in [1.54, 1.807) is 0 Å². The lowest BCUT2D eigenvalue weighted by molar-refractivity contribution is 0.0951. The maximum Gasteiger partial charge on any atom is 0.254 e. The zero-order valence-corrected chi connectivity index (χ0v) is 14.0. The first kappa shape index (κ1) is 18.0. The summed E-state index contributed by atoms with van der Waals surface area (Å²) >= 11 is 0. The third kappa shape index (κ3) is 4.63. The van der Waals surface area contributed by atoms with Crippen LogP contribution in [0.4, 0.5) is 20.4 Å². The van der Waals surface area contributed by atoms with E-state index in [1.807, 2.05) is 6.07 Å². The zero-order chi connectivity index (χ0) is 18.4. The number of nitrogens with one attached hydrogen (secondary N) is 2. The summed E-state index contributed by atoms with van der Waals surface area (Å²) in [5.74, 6) is -0.769. The number of hydrogen-bond donors (Lipinski definition) is 2. The molecule has 26 heavy (non-hydrogen) atoms. The molecule has 1 fully saturated rings. The van der Waals surface area contributed by atoms with Crippen molar-refractivity contribution >= 4 is 17.5 Å². The SMILES string of the molecule is O=C(NCCNc1cc(N2CCOCC2)ncn1)c1ccc(F)cc1F. The molecule has 1 aromatic heterocycles. The van der Waals surface area contributed by atoms with Crippen molar-refractivity contribution in [2.45, 2.75) is 0 Å². The number of rotatable bonds is 6. The van der Waals surface area contributed by atoms with E-state index in [4.69, 9.17) is 4.74 Å². The number of carbonyl (C=O) groups is 1. The van der Waals surface area contributed by atoms with Crippen molar-refractivity contribution < 1.29 is 18.3 Å². The second kappa shape index (κ2) is 8.52. The Labute approximate surface area is 149 Å². The summed E-state index contributed by atoms with van der Waals surface area (Å²) in [6.07, 6.45) is 1.47. The predicted octanol–water partition coefficient (Wildman–Crippen LogP) is 1.43. The van der Waals surface area contributed by atoms with Crippen LogP contribution in [0.3, 0.4) is 0 Å². The van der Waals surface area contributed by atoms with Crippen LogP contribution in [0.5, 0.6) is 0 Å². The first-order valence-electron chi connectivity index (χ1n) is 8.25. The molecule has 1 saturated heterocycles. The number of morpholine rings is 1. The molecule has 0 saturated carbocycles. The standard InChI is InChI=1S/C17H19F2N5O2/c18-12-1-2-13(14(19)9-12)17(25)21-4-3-20-15-10-16(23-11-22-15)24-5-7-26-8-6-24/h1-2,9-11H,3-8H2,(H,21,25)(H,20,22,23). The molecule has 0 aliphatic carbocycles. The smallest absolute Gasteiger partial charge is 0.254 e. The molecule has 1 aliphatic rings. The zero-order valence-electron chi connectivity index (χ0n) is 14.0. The number of ether oxygens (including phenoxy) is 1. The van der Waals surface area contributed by atoms with Crippen molar-refractivity contribution in [3.63, 3.8) is 0 Å². The predicted molar refractivity (Wildman–Crippen MR) is 92.2 cm³/mol. The lowest BCUT2D eigenvalue weighted by atomic mass is 10.2. The van der Waals surface area contributed by atoms with Gasteiger partial charge in [-0.05, 0) is 12.1 Å². The molecule has 0 bridgehead atoms. The van der Waals surface area contributed by atoms with Crippen molar-refractivity contribution in [2.24, 2.45) is 0 Å². The van der Waals surface area contributed by atoms with E-state index in [9.17, 15) is 13.6 Å². The molecule has 0 atom stereocenters. The highest BCUT2D eigenvalue weighted by Gasteiger charge is 2.13. The van der Waals surface area contributed by atoms with Crippen LogP contribution < -0.4 is 15.5 Å². The number of anilines is 2. The Balaban J connectivity index is 1.48. The van der Waals surface area contributed by atoms with Crippen LogP contribution in [-0.4, -0.2) is 55.3 Å². The molecule has 2 heterocycles. The van der Waals surface area contributed by atoms with Crippen LogP contribution in [0, 0.1) is 11.6 Å². The molecule has 0 unspecified atom stereocenters.